The lowest BCUT2D eigenvalue weighted by molar-refractivity contribution is -0.0572. The number of alkyl halides is 1. The van der Waals surface area contributed by atoms with Gasteiger partial charge in [-0.05, 0) is 34.6 Å². The summed E-state index contributed by atoms with van der Waals surface area (Å²) in [5.74, 6) is -0.338. The van der Waals surface area contributed by atoms with E-state index >= 15 is 0 Å². The molecule has 33 heavy (non-hydrogen) atoms. The van der Waals surface area contributed by atoms with Crippen LogP contribution in [0.5, 0.6) is 0 Å². The van der Waals surface area contributed by atoms with Gasteiger partial charge in [-0.15, -0.1) is 0 Å². The number of hydrogen-bond donors (Lipinski definition) is 8. The second-order valence-electron chi connectivity index (χ2n) is 9.16. The Morgan fingerprint density at radius 1 is 0.697 bits per heavy atom. The van der Waals surface area contributed by atoms with E-state index in [9.17, 15) is 24.8 Å². The van der Waals surface area contributed by atoms with Gasteiger partial charge in [0.2, 0.25) is 0 Å². The van der Waals surface area contributed by atoms with Gasteiger partial charge in [0.15, 0.2) is 5.67 Å². The zero-order valence-corrected chi connectivity index (χ0v) is 19.8. The van der Waals surface area contributed by atoms with Crippen LogP contribution < -0.4 is 0 Å². The third-order valence-corrected chi connectivity index (χ3v) is 6.79. The first-order valence-corrected chi connectivity index (χ1v) is 11.1. The minimum absolute atomic E-state index is 0.142. The first kappa shape index (κ1) is 30.5. The van der Waals surface area contributed by atoms with Gasteiger partial charge < -0.3 is 55.1 Å². The molecule has 8 N–H and O–H groups in total. The molecule has 0 saturated carbocycles. The van der Waals surface area contributed by atoms with Crippen LogP contribution in [0.1, 0.15) is 34.6 Å². The summed E-state index contributed by atoms with van der Waals surface area (Å²) in [4.78, 5) is 0. The molecule has 198 valence electrons. The molecule has 0 aromatic heterocycles. The SMILES string of the molecule is C[C@@H]1O[C@H](CO)[C@@H](CO)[C@H]1O.C[C@@H]1O[C@H](CO)[C@@H](O)[C@@]1(C)F.C[C@@H]1O[C@H](CO)[C@@H](O)[C@@]1(C)O. The molecule has 0 aromatic rings. The van der Waals surface area contributed by atoms with E-state index in [4.69, 9.17) is 34.6 Å². The quantitative estimate of drug-likeness (QED) is 0.208. The predicted octanol–water partition coefficient (Wildman–Crippen LogP) is -2.53. The highest BCUT2D eigenvalue weighted by molar-refractivity contribution is 4.99. The van der Waals surface area contributed by atoms with E-state index in [0.717, 1.165) is 0 Å². The number of aliphatic hydroxyl groups is 8. The lowest BCUT2D eigenvalue weighted by Crippen LogP contribution is -2.44. The maximum atomic E-state index is 13.3. The van der Waals surface area contributed by atoms with E-state index in [1.165, 1.54) is 13.8 Å². The molecule has 0 aromatic carbocycles. The topological polar surface area (TPSA) is 190 Å². The van der Waals surface area contributed by atoms with Crippen molar-refractivity contribution >= 4 is 0 Å². The summed E-state index contributed by atoms with van der Waals surface area (Å²) in [6.07, 6.45) is -6.10. The molecule has 3 rings (SSSR count). The summed E-state index contributed by atoms with van der Waals surface area (Å²) in [7, 11) is 0. The molecule has 12 atom stereocenters. The van der Waals surface area contributed by atoms with E-state index in [-0.39, 0.29) is 38.4 Å². The second-order valence-corrected chi connectivity index (χ2v) is 9.16. The van der Waals surface area contributed by atoms with Gasteiger partial charge in [-0.25, -0.2) is 4.39 Å². The van der Waals surface area contributed by atoms with E-state index < -0.39 is 60.1 Å². The summed E-state index contributed by atoms with van der Waals surface area (Å²) in [6.45, 7) is 6.81. The van der Waals surface area contributed by atoms with Gasteiger partial charge in [-0.3, -0.25) is 0 Å². The highest BCUT2D eigenvalue weighted by Crippen LogP contribution is 2.34. The fourth-order valence-electron chi connectivity index (χ4n) is 3.88. The molecule has 3 aliphatic heterocycles. The monoisotopic (exact) mass is 488 g/mol. The van der Waals surface area contributed by atoms with Gasteiger partial charge in [-0.1, -0.05) is 0 Å². The van der Waals surface area contributed by atoms with E-state index in [1.807, 2.05) is 0 Å². The van der Waals surface area contributed by atoms with Gasteiger partial charge in [0.1, 0.15) is 30.0 Å². The number of rotatable bonds is 4. The molecule has 0 spiro atoms. The lowest BCUT2D eigenvalue weighted by Gasteiger charge is -2.23. The standard InChI is InChI=1S/C7H13FO3.2C7H14O4/c1-4-7(2,8)6(10)5(3-9)11-4;1-4-7(2,10)6(9)5(3-8)11-4;1-4-7(10)5(2-8)6(3-9)11-4/h4-6,9-10H,3H2,1-2H3;4-6,8-10H,3H2,1-2H3;4-10H,2-3H2,1H3/t3*4-,5+,6+,7-/m000/s1. The van der Waals surface area contributed by atoms with Crippen molar-refractivity contribution in [3.8, 4) is 0 Å². The van der Waals surface area contributed by atoms with Gasteiger partial charge in [-0.2, -0.15) is 0 Å². The predicted molar refractivity (Wildman–Crippen MR) is 113 cm³/mol. The minimum atomic E-state index is -1.74. The third kappa shape index (κ3) is 6.79. The molecule has 3 fully saturated rings. The minimum Gasteiger partial charge on any atom is -0.396 e. The molecule has 0 amide bonds. The van der Waals surface area contributed by atoms with Crippen LogP contribution in [0.25, 0.3) is 0 Å². The second kappa shape index (κ2) is 12.5. The van der Waals surface area contributed by atoms with Gasteiger partial charge in [0.05, 0.1) is 56.9 Å². The van der Waals surface area contributed by atoms with Crippen LogP contribution in [0.4, 0.5) is 4.39 Å². The Bertz CT molecular complexity index is 539. The third-order valence-electron chi connectivity index (χ3n) is 6.79. The molecular weight excluding hydrogens is 447 g/mol. The molecule has 0 unspecified atom stereocenters. The smallest absolute Gasteiger partial charge is 0.162 e. The molecule has 3 heterocycles. The normalized spacial score (nSPS) is 49.3. The number of ether oxygens (including phenoxy) is 3. The van der Waals surface area contributed by atoms with E-state index in [1.54, 1.807) is 20.8 Å². The molecular formula is C21H41FO11. The maximum Gasteiger partial charge on any atom is 0.162 e. The van der Waals surface area contributed by atoms with Crippen LogP contribution >= 0.6 is 0 Å². The van der Waals surface area contributed by atoms with Crippen molar-refractivity contribution in [2.45, 2.75) is 101 Å². The van der Waals surface area contributed by atoms with E-state index in [2.05, 4.69) is 0 Å². The van der Waals surface area contributed by atoms with E-state index in [0.29, 0.717) is 0 Å². The van der Waals surface area contributed by atoms with Crippen molar-refractivity contribution in [3.63, 3.8) is 0 Å². The Morgan fingerprint density at radius 3 is 1.39 bits per heavy atom. The summed E-state index contributed by atoms with van der Waals surface area (Å²) >= 11 is 0. The van der Waals surface area contributed by atoms with Crippen LogP contribution in [-0.2, 0) is 14.2 Å². The fourth-order valence-corrected chi connectivity index (χ4v) is 3.88. The molecule has 0 bridgehead atoms. The highest BCUT2D eigenvalue weighted by atomic mass is 19.1. The molecule has 12 heteroatoms. The average molecular weight is 489 g/mol. The number of aliphatic hydroxyl groups excluding tert-OH is 7. The first-order valence-electron chi connectivity index (χ1n) is 11.1. The molecule has 3 saturated heterocycles. The Balaban J connectivity index is 0.000000247. The average Bonchev–Trinajstić information content (AvgIpc) is 3.25. The zero-order chi connectivity index (χ0) is 25.7. The molecule has 11 nitrogen and oxygen atoms in total. The molecule has 0 aliphatic carbocycles. The first-order chi connectivity index (χ1) is 15.2. The number of halogens is 1. The number of hydrogen-bond acceptors (Lipinski definition) is 11. The highest BCUT2D eigenvalue weighted by Gasteiger charge is 2.51. The van der Waals surface area contributed by atoms with Crippen LogP contribution in [0, 0.1) is 5.92 Å². The van der Waals surface area contributed by atoms with Crippen molar-refractivity contribution in [2.24, 2.45) is 5.92 Å². The molecule has 3 aliphatic rings. The largest absolute Gasteiger partial charge is 0.396 e. The summed E-state index contributed by atoms with van der Waals surface area (Å²) < 4.78 is 28.6. The maximum absolute atomic E-state index is 13.3. The Morgan fingerprint density at radius 2 is 1.15 bits per heavy atom. The Labute approximate surface area is 193 Å². The Hall–Kier alpha value is -0.510. The van der Waals surface area contributed by atoms with Gasteiger partial charge in [0.25, 0.3) is 0 Å². The fraction of sp³-hybridized carbons (Fsp3) is 1.00. The lowest BCUT2D eigenvalue weighted by atomic mass is 9.94. The van der Waals surface area contributed by atoms with Crippen molar-refractivity contribution < 1.29 is 59.5 Å². The molecule has 0 radical (unpaired) electrons. The zero-order valence-electron chi connectivity index (χ0n) is 19.8. The summed E-state index contributed by atoms with van der Waals surface area (Å²) in [5, 5.41) is 72.4. The van der Waals surface area contributed by atoms with Gasteiger partial charge in [0, 0.05) is 5.92 Å². The van der Waals surface area contributed by atoms with Crippen molar-refractivity contribution in [2.75, 3.05) is 26.4 Å². The van der Waals surface area contributed by atoms with Crippen LogP contribution in [0.2, 0.25) is 0 Å². The van der Waals surface area contributed by atoms with Crippen LogP contribution in [0.3, 0.4) is 0 Å². The van der Waals surface area contributed by atoms with Gasteiger partial charge >= 0.3 is 0 Å². The summed E-state index contributed by atoms with van der Waals surface area (Å²) in [5.41, 5.74) is -2.99. The van der Waals surface area contributed by atoms with Crippen molar-refractivity contribution in [3.05, 3.63) is 0 Å². The van der Waals surface area contributed by atoms with Crippen LogP contribution in [0.15, 0.2) is 0 Å². The van der Waals surface area contributed by atoms with Crippen molar-refractivity contribution in [1.29, 1.82) is 0 Å². The Kier molecular flexibility index (Phi) is 11.5. The van der Waals surface area contributed by atoms with Crippen molar-refractivity contribution in [1.82, 2.24) is 0 Å². The summed E-state index contributed by atoms with van der Waals surface area (Å²) in [6, 6.07) is 0. The van der Waals surface area contributed by atoms with Crippen LogP contribution in [-0.4, -0.2) is 133 Å².